The van der Waals surface area contributed by atoms with Crippen LogP contribution in [-0.4, -0.2) is 25.1 Å². The molecule has 0 aliphatic heterocycles. The summed E-state index contributed by atoms with van der Waals surface area (Å²) in [5.41, 5.74) is 5.78. The summed E-state index contributed by atoms with van der Waals surface area (Å²) >= 11 is 5.85. The van der Waals surface area contributed by atoms with Crippen LogP contribution >= 0.6 is 24.0 Å². The van der Waals surface area contributed by atoms with Gasteiger partial charge in [-0.25, -0.2) is 4.39 Å². The van der Waals surface area contributed by atoms with E-state index in [0.717, 1.165) is 18.9 Å². The van der Waals surface area contributed by atoms with Gasteiger partial charge in [0, 0.05) is 12.6 Å². The maximum absolute atomic E-state index is 12.9. The highest BCUT2D eigenvalue weighted by Crippen LogP contribution is 2.26. The molecule has 1 amide bonds. The minimum atomic E-state index is -0.442. The van der Waals surface area contributed by atoms with Crippen LogP contribution in [0.3, 0.4) is 0 Å². The third-order valence-corrected chi connectivity index (χ3v) is 4.37. The number of carbonyl (C=O) groups excluding carboxylic acids is 1. The Morgan fingerprint density at radius 1 is 1.39 bits per heavy atom. The Hall–Kier alpha value is -1.04. The highest BCUT2D eigenvalue weighted by atomic mass is 35.5. The van der Waals surface area contributed by atoms with Crippen molar-refractivity contribution in [1.82, 2.24) is 5.32 Å². The second-order valence-electron chi connectivity index (χ2n) is 5.67. The van der Waals surface area contributed by atoms with Crippen molar-refractivity contribution in [2.45, 2.75) is 38.1 Å². The Balaban J connectivity index is 0.00000264. The summed E-state index contributed by atoms with van der Waals surface area (Å²) in [6.45, 7) is 0.266. The summed E-state index contributed by atoms with van der Waals surface area (Å²) in [5, 5.41) is 3.08. The molecule has 0 bridgehead atoms. The number of rotatable bonds is 6. The molecule has 4 nitrogen and oxygen atoms in total. The van der Waals surface area contributed by atoms with E-state index in [1.165, 1.54) is 31.4 Å². The molecule has 1 aliphatic rings. The smallest absolute Gasteiger partial charge is 0.258 e. The van der Waals surface area contributed by atoms with E-state index in [1.54, 1.807) is 0 Å². The molecule has 130 valence electrons. The molecular formula is C16H23Cl2FN2O2. The summed E-state index contributed by atoms with van der Waals surface area (Å²) in [6, 6.07) is 3.79. The van der Waals surface area contributed by atoms with Crippen molar-refractivity contribution in [3.05, 3.63) is 29.0 Å². The van der Waals surface area contributed by atoms with Gasteiger partial charge in [0.15, 0.2) is 6.61 Å². The van der Waals surface area contributed by atoms with Crippen molar-refractivity contribution < 1.29 is 13.9 Å². The summed E-state index contributed by atoms with van der Waals surface area (Å²) in [5.74, 6) is 0.0565. The molecule has 1 aliphatic carbocycles. The molecule has 0 spiro atoms. The first-order chi connectivity index (χ1) is 10.6. The van der Waals surface area contributed by atoms with E-state index in [9.17, 15) is 9.18 Å². The summed E-state index contributed by atoms with van der Waals surface area (Å²) in [6.07, 6.45) is 5.85. The highest BCUT2D eigenvalue weighted by Gasteiger charge is 2.24. The van der Waals surface area contributed by atoms with Crippen molar-refractivity contribution in [3.8, 4) is 5.75 Å². The largest absolute Gasteiger partial charge is 0.482 e. The zero-order valence-corrected chi connectivity index (χ0v) is 14.5. The van der Waals surface area contributed by atoms with Crippen LogP contribution in [0, 0.1) is 11.7 Å². The average molecular weight is 365 g/mol. The van der Waals surface area contributed by atoms with Gasteiger partial charge in [-0.2, -0.15) is 0 Å². The Morgan fingerprint density at radius 3 is 2.70 bits per heavy atom. The van der Waals surface area contributed by atoms with Crippen LogP contribution in [0.2, 0.25) is 5.02 Å². The highest BCUT2D eigenvalue weighted by molar-refractivity contribution is 6.32. The summed E-state index contributed by atoms with van der Waals surface area (Å²) in [4.78, 5) is 12.0. The molecule has 0 saturated heterocycles. The fourth-order valence-corrected chi connectivity index (χ4v) is 3.11. The zero-order valence-electron chi connectivity index (χ0n) is 12.9. The number of hydrogen-bond donors (Lipinski definition) is 2. The van der Waals surface area contributed by atoms with E-state index in [1.807, 2.05) is 0 Å². The lowest BCUT2D eigenvalue weighted by Crippen LogP contribution is -2.47. The van der Waals surface area contributed by atoms with Gasteiger partial charge in [-0.05, 0) is 37.0 Å². The van der Waals surface area contributed by atoms with Gasteiger partial charge in [0.05, 0.1) is 5.02 Å². The number of amides is 1. The van der Waals surface area contributed by atoms with E-state index in [2.05, 4.69) is 5.32 Å². The van der Waals surface area contributed by atoms with Crippen LogP contribution in [0.15, 0.2) is 18.2 Å². The summed E-state index contributed by atoms with van der Waals surface area (Å²) < 4.78 is 18.3. The van der Waals surface area contributed by atoms with Gasteiger partial charge in [0.1, 0.15) is 11.6 Å². The second-order valence-corrected chi connectivity index (χ2v) is 6.08. The van der Waals surface area contributed by atoms with Crippen LogP contribution in [0.25, 0.3) is 0 Å². The first-order valence-corrected chi connectivity index (χ1v) is 8.05. The lowest BCUT2D eigenvalue weighted by molar-refractivity contribution is -0.124. The summed E-state index contributed by atoms with van der Waals surface area (Å²) in [7, 11) is 0. The predicted molar refractivity (Wildman–Crippen MR) is 91.7 cm³/mol. The maximum atomic E-state index is 12.9. The van der Waals surface area contributed by atoms with Crippen LogP contribution in [0.5, 0.6) is 5.75 Å². The van der Waals surface area contributed by atoms with Crippen LogP contribution in [0.4, 0.5) is 4.39 Å². The Bertz CT molecular complexity index is 511. The van der Waals surface area contributed by atoms with Gasteiger partial charge < -0.3 is 15.8 Å². The molecule has 1 atom stereocenters. The van der Waals surface area contributed by atoms with Gasteiger partial charge in [0.2, 0.25) is 0 Å². The van der Waals surface area contributed by atoms with Crippen molar-refractivity contribution >= 4 is 29.9 Å². The fraction of sp³-hybridized carbons (Fsp3) is 0.562. The van der Waals surface area contributed by atoms with Crippen molar-refractivity contribution in [2.24, 2.45) is 11.7 Å². The Morgan fingerprint density at radius 2 is 2.09 bits per heavy atom. The van der Waals surface area contributed by atoms with Crippen molar-refractivity contribution in [3.63, 3.8) is 0 Å². The molecule has 7 heteroatoms. The van der Waals surface area contributed by atoms with Gasteiger partial charge in [-0.1, -0.05) is 30.9 Å². The topological polar surface area (TPSA) is 64.3 Å². The molecule has 1 aromatic carbocycles. The van der Waals surface area contributed by atoms with Crippen LogP contribution < -0.4 is 15.8 Å². The van der Waals surface area contributed by atoms with Gasteiger partial charge in [0.25, 0.3) is 5.91 Å². The standard InChI is InChI=1S/C16H22ClFN2O2.ClH/c17-13-8-12(18)6-7-15(13)22-10-16(21)20-14(9-19)11-4-2-1-3-5-11;/h6-8,11,14H,1-5,9-10,19H2,(H,20,21);1H. The fourth-order valence-electron chi connectivity index (χ4n) is 2.89. The van der Waals surface area contributed by atoms with E-state index in [-0.39, 0.29) is 36.0 Å². The SMILES string of the molecule is Cl.NCC(NC(=O)COc1ccc(F)cc1Cl)C1CCCCC1. The Labute approximate surface area is 147 Å². The maximum Gasteiger partial charge on any atom is 0.258 e. The third kappa shape index (κ3) is 6.16. The molecule has 23 heavy (non-hydrogen) atoms. The number of carbonyl (C=O) groups is 1. The zero-order chi connectivity index (χ0) is 15.9. The van der Waals surface area contributed by atoms with Gasteiger partial charge in [-0.3, -0.25) is 4.79 Å². The number of hydrogen-bond acceptors (Lipinski definition) is 3. The minimum absolute atomic E-state index is 0. The monoisotopic (exact) mass is 364 g/mol. The molecule has 2 rings (SSSR count). The molecule has 1 aromatic rings. The van der Waals surface area contributed by atoms with Gasteiger partial charge >= 0.3 is 0 Å². The van der Waals surface area contributed by atoms with Crippen LogP contribution in [-0.2, 0) is 4.79 Å². The quantitative estimate of drug-likeness (QED) is 0.813. The number of nitrogens with one attached hydrogen (secondary N) is 1. The van der Waals surface area contributed by atoms with E-state index in [0.29, 0.717) is 18.2 Å². The average Bonchev–Trinajstić information content (AvgIpc) is 2.52. The van der Waals surface area contributed by atoms with E-state index >= 15 is 0 Å². The van der Waals surface area contributed by atoms with Crippen LogP contribution in [0.1, 0.15) is 32.1 Å². The molecular weight excluding hydrogens is 342 g/mol. The normalized spacial score (nSPS) is 16.3. The third-order valence-electron chi connectivity index (χ3n) is 4.07. The molecule has 1 unspecified atom stereocenters. The lowest BCUT2D eigenvalue weighted by Gasteiger charge is -2.30. The number of benzene rings is 1. The van der Waals surface area contributed by atoms with E-state index < -0.39 is 5.82 Å². The number of halogens is 3. The molecule has 0 radical (unpaired) electrons. The minimum Gasteiger partial charge on any atom is -0.482 e. The van der Waals surface area contributed by atoms with E-state index in [4.69, 9.17) is 22.1 Å². The molecule has 1 fully saturated rings. The molecule has 1 saturated carbocycles. The first kappa shape index (κ1) is 20.0. The molecule has 0 aromatic heterocycles. The first-order valence-electron chi connectivity index (χ1n) is 7.67. The number of nitrogens with two attached hydrogens (primary N) is 1. The molecule has 0 heterocycles. The van der Waals surface area contributed by atoms with Crippen molar-refractivity contribution in [1.29, 1.82) is 0 Å². The van der Waals surface area contributed by atoms with Gasteiger partial charge in [-0.15, -0.1) is 12.4 Å². The Kier molecular flexibility index (Phi) is 8.66. The number of ether oxygens (including phenoxy) is 1. The second kappa shape index (κ2) is 9.96. The lowest BCUT2D eigenvalue weighted by atomic mass is 9.84. The molecule has 3 N–H and O–H groups in total. The predicted octanol–water partition coefficient (Wildman–Crippen LogP) is 3.30. The van der Waals surface area contributed by atoms with Crippen molar-refractivity contribution in [2.75, 3.05) is 13.2 Å².